The van der Waals surface area contributed by atoms with Crippen LogP contribution in [0.5, 0.6) is 0 Å². The van der Waals surface area contributed by atoms with Gasteiger partial charge in [0.15, 0.2) is 0 Å². The molecule has 150 valence electrons. The van der Waals surface area contributed by atoms with Crippen molar-refractivity contribution in [1.29, 1.82) is 0 Å². The number of carbonyl (C=O) groups is 1. The minimum Gasteiger partial charge on any atom is -0.403 e. The van der Waals surface area contributed by atoms with Crippen molar-refractivity contribution in [3.8, 4) is 11.5 Å². The van der Waals surface area contributed by atoms with Crippen molar-refractivity contribution >= 4 is 39.1 Å². The van der Waals surface area contributed by atoms with E-state index in [1.165, 1.54) is 0 Å². The number of benzene rings is 4. The Morgan fingerprint density at radius 1 is 0.710 bits per heavy atom. The number of amides is 2. The molecule has 0 aliphatic rings. The van der Waals surface area contributed by atoms with Gasteiger partial charge in [-0.2, -0.15) is 0 Å². The second kappa shape index (κ2) is 7.76. The molecular weight excluding hydrogens is 390 g/mol. The second-order valence-corrected chi connectivity index (χ2v) is 6.98. The molecule has 0 saturated carbocycles. The van der Waals surface area contributed by atoms with Gasteiger partial charge in [0.25, 0.3) is 0 Å². The number of hydrogen-bond acceptors (Lipinski definition) is 4. The summed E-state index contributed by atoms with van der Waals surface area (Å²) in [5, 5.41) is 8.11. The van der Waals surface area contributed by atoms with Crippen LogP contribution in [0.1, 0.15) is 0 Å². The standard InChI is InChI=1S/C25H17N3O3/c29-24-19-12-4-6-14-22(19)26-23(31-24)18-11-3-5-13-21(18)28-25(30)27-20-15-7-9-16-8-1-2-10-17(16)20/h1-15H,(H2,27,28,30). The summed E-state index contributed by atoms with van der Waals surface area (Å²) in [7, 11) is 0. The molecule has 0 aliphatic carbocycles. The molecule has 5 rings (SSSR count). The lowest BCUT2D eigenvalue weighted by molar-refractivity contribution is 0.262. The fraction of sp³-hybridized carbons (Fsp3) is 0. The van der Waals surface area contributed by atoms with Crippen LogP contribution in [0.2, 0.25) is 0 Å². The first kappa shape index (κ1) is 18.6. The number of hydrogen-bond donors (Lipinski definition) is 2. The summed E-state index contributed by atoms with van der Waals surface area (Å²) in [6, 6.07) is 27.2. The molecule has 0 fully saturated rings. The number of rotatable bonds is 3. The molecule has 0 radical (unpaired) electrons. The molecule has 0 spiro atoms. The van der Waals surface area contributed by atoms with Gasteiger partial charge in [0, 0.05) is 5.39 Å². The second-order valence-electron chi connectivity index (χ2n) is 6.98. The van der Waals surface area contributed by atoms with Gasteiger partial charge in [-0.3, -0.25) is 0 Å². The number of nitrogens with one attached hydrogen (secondary N) is 2. The molecule has 6 nitrogen and oxygen atoms in total. The quantitative estimate of drug-likeness (QED) is 0.405. The average Bonchev–Trinajstić information content (AvgIpc) is 2.80. The van der Waals surface area contributed by atoms with Gasteiger partial charge in [-0.1, -0.05) is 60.7 Å². The Hall–Kier alpha value is -4.45. The van der Waals surface area contributed by atoms with Crippen LogP contribution in [0.4, 0.5) is 16.2 Å². The van der Waals surface area contributed by atoms with Crippen LogP contribution in [0.25, 0.3) is 33.1 Å². The van der Waals surface area contributed by atoms with Gasteiger partial charge in [0.05, 0.1) is 27.8 Å². The van der Waals surface area contributed by atoms with Crippen molar-refractivity contribution in [3.63, 3.8) is 0 Å². The summed E-state index contributed by atoms with van der Waals surface area (Å²) >= 11 is 0. The lowest BCUT2D eigenvalue weighted by Gasteiger charge is -2.12. The lowest BCUT2D eigenvalue weighted by Crippen LogP contribution is -2.20. The highest BCUT2D eigenvalue weighted by atomic mass is 16.4. The Bertz CT molecular complexity index is 1490. The SMILES string of the molecule is O=C(Nc1ccccc1-c1nc2ccccc2c(=O)o1)Nc1cccc2ccccc12. The zero-order valence-corrected chi connectivity index (χ0v) is 16.3. The number of para-hydroxylation sites is 2. The Labute approximate surface area is 177 Å². The number of anilines is 2. The molecule has 4 aromatic carbocycles. The van der Waals surface area contributed by atoms with E-state index in [-0.39, 0.29) is 5.89 Å². The van der Waals surface area contributed by atoms with Crippen molar-refractivity contribution < 1.29 is 9.21 Å². The Kier molecular flexibility index (Phi) is 4.65. The summed E-state index contributed by atoms with van der Waals surface area (Å²) in [6.07, 6.45) is 0. The maximum Gasteiger partial charge on any atom is 0.347 e. The monoisotopic (exact) mass is 407 g/mol. The van der Waals surface area contributed by atoms with Gasteiger partial charge >= 0.3 is 11.7 Å². The Morgan fingerprint density at radius 2 is 1.35 bits per heavy atom. The molecule has 0 bridgehead atoms. The molecule has 0 atom stereocenters. The highest BCUT2D eigenvalue weighted by molar-refractivity contribution is 6.07. The van der Waals surface area contributed by atoms with E-state index in [9.17, 15) is 9.59 Å². The van der Waals surface area contributed by atoms with Gasteiger partial charge in [-0.15, -0.1) is 0 Å². The highest BCUT2D eigenvalue weighted by Gasteiger charge is 2.14. The number of nitrogens with zero attached hydrogens (tertiary/aromatic N) is 1. The smallest absolute Gasteiger partial charge is 0.347 e. The van der Waals surface area contributed by atoms with E-state index in [0.717, 1.165) is 10.8 Å². The van der Waals surface area contributed by atoms with Crippen LogP contribution >= 0.6 is 0 Å². The molecular formula is C25H17N3O3. The molecule has 5 aromatic rings. The number of aromatic nitrogens is 1. The number of urea groups is 1. The van der Waals surface area contributed by atoms with E-state index in [1.54, 1.807) is 48.5 Å². The Balaban J connectivity index is 1.47. The largest absolute Gasteiger partial charge is 0.403 e. The fourth-order valence-electron chi connectivity index (χ4n) is 3.52. The minimum absolute atomic E-state index is 0.143. The third-order valence-corrected chi connectivity index (χ3v) is 4.98. The van der Waals surface area contributed by atoms with E-state index in [0.29, 0.717) is 27.8 Å². The van der Waals surface area contributed by atoms with Crippen LogP contribution in [0, 0.1) is 0 Å². The van der Waals surface area contributed by atoms with Gasteiger partial charge < -0.3 is 15.1 Å². The van der Waals surface area contributed by atoms with Crippen molar-refractivity contribution in [2.75, 3.05) is 10.6 Å². The van der Waals surface area contributed by atoms with Crippen LogP contribution in [0.15, 0.2) is 100 Å². The minimum atomic E-state index is -0.476. The topological polar surface area (TPSA) is 84.2 Å². The van der Waals surface area contributed by atoms with E-state index in [1.807, 2.05) is 42.5 Å². The van der Waals surface area contributed by atoms with Crippen LogP contribution in [-0.4, -0.2) is 11.0 Å². The van der Waals surface area contributed by atoms with Crippen molar-refractivity contribution in [1.82, 2.24) is 4.98 Å². The first-order valence-electron chi connectivity index (χ1n) is 9.74. The maximum absolute atomic E-state index is 12.8. The predicted molar refractivity (Wildman–Crippen MR) is 122 cm³/mol. The molecule has 2 amide bonds. The average molecular weight is 407 g/mol. The van der Waals surface area contributed by atoms with Gasteiger partial charge in [-0.05, 0) is 35.7 Å². The first-order valence-corrected chi connectivity index (χ1v) is 9.74. The predicted octanol–water partition coefficient (Wildman–Crippen LogP) is 5.65. The molecule has 0 saturated heterocycles. The zero-order valence-electron chi connectivity index (χ0n) is 16.3. The lowest BCUT2D eigenvalue weighted by atomic mass is 10.1. The Morgan fingerprint density at radius 3 is 2.26 bits per heavy atom. The highest BCUT2D eigenvalue weighted by Crippen LogP contribution is 2.28. The maximum atomic E-state index is 12.8. The number of fused-ring (bicyclic) bond motifs is 2. The summed E-state index contributed by atoms with van der Waals surface area (Å²) in [6.45, 7) is 0. The third-order valence-electron chi connectivity index (χ3n) is 4.98. The van der Waals surface area contributed by atoms with Crippen LogP contribution in [0.3, 0.4) is 0 Å². The summed E-state index contributed by atoms with van der Waals surface area (Å²) in [5.41, 5.74) is 1.74. The molecule has 0 unspecified atom stereocenters. The van der Waals surface area contributed by atoms with Crippen molar-refractivity contribution in [2.45, 2.75) is 0 Å². The molecule has 2 N–H and O–H groups in total. The van der Waals surface area contributed by atoms with Crippen LogP contribution in [-0.2, 0) is 0 Å². The first-order chi connectivity index (χ1) is 15.2. The van der Waals surface area contributed by atoms with Gasteiger partial charge in [-0.25, -0.2) is 14.6 Å². The van der Waals surface area contributed by atoms with E-state index in [4.69, 9.17) is 4.42 Å². The summed E-state index contributed by atoms with van der Waals surface area (Å²) in [4.78, 5) is 29.6. The summed E-state index contributed by atoms with van der Waals surface area (Å²) < 4.78 is 5.44. The van der Waals surface area contributed by atoms with Gasteiger partial charge in [0.2, 0.25) is 5.89 Å². The van der Waals surface area contributed by atoms with E-state index in [2.05, 4.69) is 15.6 Å². The normalized spacial score (nSPS) is 10.8. The van der Waals surface area contributed by atoms with Crippen molar-refractivity contribution in [2.24, 2.45) is 0 Å². The summed E-state index contributed by atoms with van der Waals surface area (Å²) in [5.74, 6) is 0.143. The molecule has 0 aliphatic heterocycles. The van der Waals surface area contributed by atoms with Crippen molar-refractivity contribution in [3.05, 3.63) is 101 Å². The van der Waals surface area contributed by atoms with Crippen LogP contribution < -0.4 is 16.3 Å². The molecule has 1 aromatic heterocycles. The molecule has 31 heavy (non-hydrogen) atoms. The molecule has 1 heterocycles. The van der Waals surface area contributed by atoms with E-state index >= 15 is 0 Å². The zero-order chi connectivity index (χ0) is 21.2. The van der Waals surface area contributed by atoms with E-state index < -0.39 is 11.7 Å². The number of carbonyl (C=O) groups excluding carboxylic acids is 1. The third kappa shape index (κ3) is 3.62. The van der Waals surface area contributed by atoms with Gasteiger partial charge in [0.1, 0.15) is 0 Å². The fourth-order valence-corrected chi connectivity index (χ4v) is 3.52. The molecule has 6 heteroatoms.